The third kappa shape index (κ3) is 8.74. The lowest BCUT2D eigenvalue weighted by molar-refractivity contribution is -0.0177. The first-order chi connectivity index (χ1) is 9.77. The lowest BCUT2D eigenvalue weighted by atomic mass is 10.1. The van der Waals surface area contributed by atoms with Crippen LogP contribution in [0.15, 0.2) is 24.3 Å². The number of carbonyl (C=O) groups is 2. The second kappa shape index (κ2) is 9.87. The molecule has 0 aliphatic rings. The molecule has 0 aromatic heterocycles. The van der Waals surface area contributed by atoms with Gasteiger partial charge in [0, 0.05) is 0 Å². The molecule has 4 N–H and O–H groups in total. The van der Waals surface area contributed by atoms with Crippen LogP contribution in [0.1, 0.15) is 34.6 Å². The Labute approximate surface area is 122 Å². The zero-order valence-corrected chi connectivity index (χ0v) is 11.9. The summed E-state index contributed by atoms with van der Waals surface area (Å²) in [5.41, 5.74) is -0.0372. The van der Waals surface area contributed by atoms with Gasteiger partial charge in [0.15, 0.2) is 0 Å². The highest BCUT2D eigenvalue weighted by atomic mass is 16.5. The van der Waals surface area contributed by atoms with E-state index in [2.05, 4.69) is 0 Å². The van der Waals surface area contributed by atoms with Crippen LogP contribution in [0.4, 0.5) is 0 Å². The molecule has 118 valence electrons. The molecule has 0 heterocycles. The average molecular weight is 300 g/mol. The van der Waals surface area contributed by atoms with Crippen molar-refractivity contribution in [2.75, 3.05) is 13.2 Å². The van der Waals surface area contributed by atoms with Crippen molar-refractivity contribution < 1.29 is 34.8 Å². The predicted octanol–water partition coefficient (Wildman–Crippen LogP) is 0.848. The molecule has 1 rings (SSSR count). The molecule has 0 saturated heterocycles. The molecule has 21 heavy (non-hydrogen) atoms. The van der Waals surface area contributed by atoms with E-state index in [0.717, 1.165) is 6.07 Å². The van der Waals surface area contributed by atoms with Crippen LogP contribution >= 0.6 is 0 Å². The Hall–Kier alpha value is -1.96. The molecule has 0 radical (unpaired) electrons. The lowest BCUT2D eigenvalue weighted by Gasteiger charge is -2.10. The van der Waals surface area contributed by atoms with Gasteiger partial charge in [-0.2, -0.15) is 0 Å². The number of aliphatic hydroxyl groups is 2. The minimum absolute atomic E-state index is 0.00667. The van der Waals surface area contributed by atoms with E-state index in [9.17, 15) is 9.59 Å². The highest BCUT2D eigenvalue weighted by molar-refractivity contribution is 5.93. The Kier molecular flexibility index (Phi) is 8.95. The number of hydrogen-bond donors (Lipinski definition) is 4. The Bertz CT molecular complexity index is 427. The van der Waals surface area contributed by atoms with E-state index in [1.54, 1.807) is 13.8 Å². The Morgan fingerprint density at radius 1 is 1.14 bits per heavy atom. The van der Waals surface area contributed by atoms with E-state index < -0.39 is 18.0 Å². The Morgan fingerprint density at radius 3 is 1.95 bits per heavy atom. The van der Waals surface area contributed by atoms with Crippen molar-refractivity contribution in [2.45, 2.75) is 26.1 Å². The molecule has 0 fully saturated rings. The summed E-state index contributed by atoms with van der Waals surface area (Å²) < 4.78 is 4.95. The van der Waals surface area contributed by atoms with Gasteiger partial charge >= 0.3 is 11.9 Å². The molecule has 2 unspecified atom stereocenters. The summed E-state index contributed by atoms with van der Waals surface area (Å²) in [4.78, 5) is 20.8. The van der Waals surface area contributed by atoms with E-state index in [1.165, 1.54) is 18.2 Å². The van der Waals surface area contributed by atoms with Crippen LogP contribution in [-0.4, -0.2) is 57.8 Å². The minimum atomic E-state index is -1.13. The second-order valence-corrected chi connectivity index (χ2v) is 4.37. The summed E-state index contributed by atoms with van der Waals surface area (Å²) in [6.07, 6.45) is -0.612. The fourth-order valence-corrected chi connectivity index (χ4v) is 1.14. The van der Waals surface area contributed by atoms with Crippen molar-refractivity contribution in [1.82, 2.24) is 0 Å². The number of aromatic carboxylic acids is 2. The number of ether oxygens (including phenoxy) is 1. The number of benzene rings is 1. The topological polar surface area (TPSA) is 124 Å². The summed E-state index contributed by atoms with van der Waals surface area (Å²) in [5.74, 6) is -2.25. The monoisotopic (exact) mass is 300 g/mol. The summed E-state index contributed by atoms with van der Waals surface area (Å²) in [6, 6.07) is 5.20. The lowest BCUT2D eigenvalue weighted by Crippen LogP contribution is -2.19. The zero-order valence-electron chi connectivity index (χ0n) is 11.9. The third-order valence-electron chi connectivity index (χ3n) is 2.24. The summed E-state index contributed by atoms with van der Waals surface area (Å²) >= 11 is 0. The van der Waals surface area contributed by atoms with E-state index in [-0.39, 0.29) is 23.8 Å². The van der Waals surface area contributed by atoms with Gasteiger partial charge in [-0.25, -0.2) is 9.59 Å². The molecule has 0 bridgehead atoms. The van der Waals surface area contributed by atoms with Gasteiger partial charge in [-0.3, -0.25) is 0 Å². The van der Waals surface area contributed by atoms with Crippen molar-refractivity contribution in [3.8, 4) is 0 Å². The maximum absolute atomic E-state index is 10.4. The average Bonchev–Trinajstić information content (AvgIpc) is 2.45. The summed E-state index contributed by atoms with van der Waals surface area (Å²) in [6.45, 7) is 3.70. The molecule has 2 atom stereocenters. The maximum atomic E-state index is 10.4. The Morgan fingerprint density at radius 2 is 1.62 bits per heavy atom. The maximum Gasteiger partial charge on any atom is 0.335 e. The normalized spacial score (nSPS) is 12.8. The number of aliphatic hydroxyl groups excluding tert-OH is 2. The highest BCUT2D eigenvalue weighted by Crippen LogP contribution is 2.04. The fraction of sp³-hybridized carbons (Fsp3) is 0.429. The van der Waals surface area contributed by atoms with Crippen LogP contribution < -0.4 is 0 Å². The minimum Gasteiger partial charge on any atom is -0.478 e. The van der Waals surface area contributed by atoms with Crippen LogP contribution in [0.25, 0.3) is 0 Å². The van der Waals surface area contributed by atoms with Crippen molar-refractivity contribution in [1.29, 1.82) is 0 Å². The summed E-state index contributed by atoms with van der Waals surface area (Å²) in [5, 5.41) is 34.1. The molecule has 0 amide bonds. The summed E-state index contributed by atoms with van der Waals surface area (Å²) in [7, 11) is 0. The SMILES string of the molecule is CC(O)COC(C)CO.O=C(O)c1cccc(C(=O)O)c1. The van der Waals surface area contributed by atoms with Crippen LogP contribution in [-0.2, 0) is 4.74 Å². The Balaban J connectivity index is 0.000000400. The van der Waals surface area contributed by atoms with E-state index in [4.69, 9.17) is 25.2 Å². The molecular weight excluding hydrogens is 280 g/mol. The van der Waals surface area contributed by atoms with Crippen LogP contribution in [0, 0.1) is 0 Å². The number of hydrogen-bond acceptors (Lipinski definition) is 5. The molecule has 0 aliphatic carbocycles. The van der Waals surface area contributed by atoms with Gasteiger partial charge in [0.25, 0.3) is 0 Å². The van der Waals surface area contributed by atoms with Gasteiger partial charge in [-0.1, -0.05) is 6.07 Å². The standard InChI is InChI=1S/C8H6O4.C6H14O3/c9-7(10)5-2-1-3-6(4-5)8(11)12;1-5(8)4-9-6(2)3-7/h1-4H,(H,9,10)(H,11,12);5-8H,3-4H2,1-2H3. The van der Waals surface area contributed by atoms with Gasteiger partial charge in [0.2, 0.25) is 0 Å². The van der Waals surface area contributed by atoms with E-state index in [0.29, 0.717) is 6.61 Å². The van der Waals surface area contributed by atoms with Gasteiger partial charge in [-0.05, 0) is 32.0 Å². The van der Waals surface area contributed by atoms with Crippen LogP contribution in [0.5, 0.6) is 0 Å². The van der Waals surface area contributed by atoms with Crippen molar-refractivity contribution in [3.63, 3.8) is 0 Å². The highest BCUT2D eigenvalue weighted by Gasteiger charge is 2.06. The predicted molar refractivity (Wildman–Crippen MR) is 74.5 cm³/mol. The molecule has 7 heteroatoms. The first kappa shape index (κ1) is 19.0. The number of carboxylic acids is 2. The van der Waals surface area contributed by atoms with Gasteiger partial charge in [0.05, 0.1) is 36.5 Å². The first-order valence-corrected chi connectivity index (χ1v) is 6.25. The molecular formula is C14H20O7. The van der Waals surface area contributed by atoms with Gasteiger partial charge < -0.3 is 25.2 Å². The second-order valence-electron chi connectivity index (χ2n) is 4.37. The quantitative estimate of drug-likeness (QED) is 0.613. The van der Waals surface area contributed by atoms with Crippen molar-refractivity contribution in [3.05, 3.63) is 35.4 Å². The van der Waals surface area contributed by atoms with Gasteiger partial charge in [0.1, 0.15) is 0 Å². The van der Waals surface area contributed by atoms with Crippen molar-refractivity contribution in [2.24, 2.45) is 0 Å². The zero-order chi connectivity index (χ0) is 16.4. The number of rotatable bonds is 6. The molecule has 0 saturated carbocycles. The largest absolute Gasteiger partial charge is 0.478 e. The van der Waals surface area contributed by atoms with E-state index in [1.807, 2.05) is 0 Å². The smallest absolute Gasteiger partial charge is 0.335 e. The molecule has 7 nitrogen and oxygen atoms in total. The van der Waals surface area contributed by atoms with Crippen molar-refractivity contribution >= 4 is 11.9 Å². The van der Waals surface area contributed by atoms with Crippen LogP contribution in [0.2, 0.25) is 0 Å². The number of carboxylic acid groups (broad SMARTS) is 2. The third-order valence-corrected chi connectivity index (χ3v) is 2.24. The fourth-order valence-electron chi connectivity index (χ4n) is 1.14. The molecule has 1 aromatic carbocycles. The molecule has 1 aromatic rings. The van der Waals surface area contributed by atoms with Gasteiger partial charge in [-0.15, -0.1) is 0 Å². The van der Waals surface area contributed by atoms with E-state index >= 15 is 0 Å². The first-order valence-electron chi connectivity index (χ1n) is 6.25. The molecule has 0 spiro atoms. The molecule has 0 aliphatic heterocycles. The van der Waals surface area contributed by atoms with Crippen LogP contribution in [0.3, 0.4) is 0 Å².